The van der Waals surface area contributed by atoms with E-state index in [9.17, 15) is 9.59 Å². The van der Waals surface area contributed by atoms with E-state index in [-0.39, 0.29) is 11.5 Å². The smallest absolute Gasteiger partial charge is 0.311 e. The molecule has 1 aromatic carbocycles. The van der Waals surface area contributed by atoms with Crippen LogP contribution in [0.2, 0.25) is 10.0 Å². The Morgan fingerprint density at radius 2 is 1.79 bits per heavy atom. The summed E-state index contributed by atoms with van der Waals surface area (Å²) in [7, 11) is 0. The maximum absolute atomic E-state index is 12.4. The van der Waals surface area contributed by atoms with Crippen molar-refractivity contribution in [3.8, 4) is 0 Å². The number of hydrogen-bond donors (Lipinski definition) is 2. The van der Waals surface area contributed by atoms with Crippen LogP contribution in [0.15, 0.2) is 27.8 Å². The first-order chi connectivity index (χ1) is 11.4. The Kier molecular flexibility index (Phi) is 5.16. The van der Waals surface area contributed by atoms with Gasteiger partial charge in [-0.25, -0.2) is 4.79 Å². The standard InChI is InChI=1S/C18H20Cl2N2O2/c1-10-2-4-11(5-3-10)16-14(17(23)22-18(24)21-16)8-12-6-7-13(19)9-15(12)20/h6-7,9-11H,2-5,8H2,1H3,(H2,21,22,23,24). The summed E-state index contributed by atoms with van der Waals surface area (Å²) in [6, 6.07) is 5.24. The number of halogens is 2. The van der Waals surface area contributed by atoms with E-state index in [1.807, 2.05) is 6.07 Å². The lowest BCUT2D eigenvalue weighted by Gasteiger charge is -2.27. The van der Waals surface area contributed by atoms with E-state index < -0.39 is 5.69 Å². The van der Waals surface area contributed by atoms with Gasteiger partial charge in [-0.2, -0.15) is 0 Å². The predicted molar refractivity (Wildman–Crippen MR) is 97.3 cm³/mol. The normalized spacial score (nSPS) is 21.0. The van der Waals surface area contributed by atoms with Crippen molar-refractivity contribution in [2.24, 2.45) is 5.92 Å². The van der Waals surface area contributed by atoms with Crippen LogP contribution in [-0.2, 0) is 6.42 Å². The lowest BCUT2D eigenvalue weighted by Crippen LogP contribution is -2.30. The predicted octanol–water partition coefficient (Wildman–Crippen LogP) is 4.25. The van der Waals surface area contributed by atoms with Gasteiger partial charge >= 0.3 is 5.69 Å². The van der Waals surface area contributed by atoms with Gasteiger partial charge in [0, 0.05) is 27.7 Å². The molecule has 0 bridgehead atoms. The molecule has 0 aliphatic heterocycles. The molecule has 0 amide bonds. The van der Waals surface area contributed by atoms with Crippen LogP contribution in [0.5, 0.6) is 0 Å². The first kappa shape index (κ1) is 17.3. The number of aromatic nitrogens is 2. The van der Waals surface area contributed by atoms with Crippen molar-refractivity contribution >= 4 is 23.2 Å². The zero-order valence-corrected chi connectivity index (χ0v) is 15.0. The fraction of sp³-hybridized carbons (Fsp3) is 0.444. The van der Waals surface area contributed by atoms with Crippen molar-refractivity contribution in [1.29, 1.82) is 0 Å². The van der Waals surface area contributed by atoms with Crippen LogP contribution in [-0.4, -0.2) is 9.97 Å². The second-order valence-electron chi connectivity index (χ2n) is 6.67. The van der Waals surface area contributed by atoms with E-state index in [0.29, 0.717) is 27.9 Å². The highest BCUT2D eigenvalue weighted by Crippen LogP contribution is 2.35. The molecule has 0 unspecified atom stereocenters. The number of rotatable bonds is 3. The van der Waals surface area contributed by atoms with E-state index in [1.54, 1.807) is 12.1 Å². The van der Waals surface area contributed by atoms with E-state index in [4.69, 9.17) is 23.2 Å². The number of hydrogen-bond acceptors (Lipinski definition) is 2. The van der Waals surface area contributed by atoms with Crippen molar-refractivity contribution < 1.29 is 0 Å². The largest absolute Gasteiger partial charge is 0.325 e. The van der Waals surface area contributed by atoms with E-state index in [2.05, 4.69) is 16.9 Å². The molecular formula is C18H20Cl2N2O2. The summed E-state index contributed by atoms with van der Waals surface area (Å²) in [5.41, 5.74) is 1.40. The molecule has 1 saturated carbocycles. The second kappa shape index (κ2) is 7.16. The summed E-state index contributed by atoms with van der Waals surface area (Å²) < 4.78 is 0. The van der Waals surface area contributed by atoms with Crippen molar-refractivity contribution in [2.75, 3.05) is 0 Å². The highest BCUT2D eigenvalue weighted by atomic mass is 35.5. The van der Waals surface area contributed by atoms with Crippen LogP contribution in [0.1, 0.15) is 55.3 Å². The van der Waals surface area contributed by atoms with Gasteiger partial charge < -0.3 is 4.98 Å². The van der Waals surface area contributed by atoms with Crippen LogP contribution >= 0.6 is 23.2 Å². The van der Waals surface area contributed by atoms with E-state index >= 15 is 0 Å². The van der Waals surface area contributed by atoms with Crippen LogP contribution in [0.25, 0.3) is 0 Å². The Balaban J connectivity index is 2.00. The molecule has 2 aromatic rings. The van der Waals surface area contributed by atoms with Gasteiger partial charge in [-0.15, -0.1) is 0 Å². The van der Waals surface area contributed by atoms with Crippen molar-refractivity contribution in [3.05, 3.63) is 65.9 Å². The fourth-order valence-electron chi connectivity index (χ4n) is 3.46. The summed E-state index contributed by atoms with van der Waals surface area (Å²) in [6.45, 7) is 2.24. The third-order valence-electron chi connectivity index (χ3n) is 4.88. The highest BCUT2D eigenvalue weighted by molar-refractivity contribution is 6.35. The molecule has 0 spiro atoms. The van der Waals surface area contributed by atoms with Crippen LogP contribution in [0.3, 0.4) is 0 Å². The summed E-state index contributed by atoms with van der Waals surface area (Å²) in [6.07, 6.45) is 4.58. The maximum atomic E-state index is 12.4. The zero-order valence-electron chi connectivity index (χ0n) is 13.5. The van der Waals surface area contributed by atoms with Gasteiger partial charge in [0.15, 0.2) is 0 Å². The first-order valence-electron chi connectivity index (χ1n) is 8.23. The summed E-state index contributed by atoms with van der Waals surface area (Å²) in [5.74, 6) is 0.918. The molecule has 2 N–H and O–H groups in total. The molecule has 1 aliphatic rings. The Morgan fingerprint density at radius 3 is 2.46 bits per heavy atom. The molecule has 1 aliphatic carbocycles. The molecule has 3 rings (SSSR count). The second-order valence-corrected chi connectivity index (χ2v) is 7.51. The zero-order chi connectivity index (χ0) is 17.3. The van der Waals surface area contributed by atoms with Crippen molar-refractivity contribution in [1.82, 2.24) is 9.97 Å². The first-order valence-corrected chi connectivity index (χ1v) is 8.99. The molecule has 0 atom stereocenters. The van der Waals surface area contributed by atoms with Crippen molar-refractivity contribution in [3.63, 3.8) is 0 Å². The van der Waals surface area contributed by atoms with Gasteiger partial charge in [0.2, 0.25) is 0 Å². The number of benzene rings is 1. The third-order valence-corrected chi connectivity index (χ3v) is 5.47. The monoisotopic (exact) mass is 366 g/mol. The lowest BCUT2D eigenvalue weighted by molar-refractivity contribution is 0.342. The average Bonchev–Trinajstić information content (AvgIpc) is 2.52. The minimum atomic E-state index is -0.445. The van der Waals surface area contributed by atoms with Gasteiger partial charge in [0.25, 0.3) is 5.56 Å². The molecule has 0 saturated heterocycles. The summed E-state index contributed by atoms with van der Waals surface area (Å²) >= 11 is 12.2. The minimum absolute atomic E-state index is 0.220. The van der Waals surface area contributed by atoms with Gasteiger partial charge in [-0.1, -0.05) is 49.0 Å². The molecular weight excluding hydrogens is 347 g/mol. The van der Waals surface area contributed by atoms with Crippen LogP contribution < -0.4 is 11.2 Å². The topological polar surface area (TPSA) is 65.7 Å². The van der Waals surface area contributed by atoms with Gasteiger partial charge in [-0.05, 0) is 42.4 Å². The van der Waals surface area contributed by atoms with E-state index in [0.717, 1.165) is 36.9 Å². The average molecular weight is 367 g/mol. The SMILES string of the molecule is CC1CCC(c2[nH]c(=O)[nH]c(=O)c2Cc2ccc(Cl)cc2Cl)CC1. The molecule has 6 heteroatoms. The minimum Gasteiger partial charge on any atom is -0.311 e. The summed E-state index contributed by atoms with van der Waals surface area (Å²) in [5, 5.41) is 1.08. The van der Waals surface area contributed by atoms with Gasteiger partial charge in [0.05, 0.1) is 0 Å². The molecule has 4 nitrogen and oxygen atoms in total. The quantitative estimate of drug-likeness (QED) is 0.852. The fourth-order valence-corrected chi connectivity index (χ4v) is 3.93. The van der Waals surface area contributed by atoms with E-state index in [1.165, 1.54) is 0 Å². The Morgan fingerprint density at radius 1 is 1.08 bits per heavy atom. The van der Waals surface area contributed by atoms with Crippen LogP contribution in [0.4, 0.5) is 0 Å². The molecule has 24 heavy (non-hydrogen) atoms. The highest BCUT2D eigenvalue weighted by Gasteiger charge is 2.24. The van der Waals surface area contributed by atoms with Crippen LogP contribution in [0, 0.1) is 5.92 Å². The summed E-state index contributed by atoms with van der Waals surface area (Å²) in [4.78, 5) is 29.4. The number of aromatic amines is 2. The Labute approximate surface area is 150 Å². The van der Waals surface area contributed by atoms with Gasteiger partial charge in [0.1, 0.15) is 0 Å². The molecule has 1 aromatic heterocycles. The maximum Gasteiger partial charge on any atom is 0.325 e. The number of nitrogens with one attached hydrogen (secondary N) is 2. The molecule has 0 radical (unpaired) electrons. The molecule has 1 fully saturated rings. The molecule has 128 valence electrons. The Hall–Kier alpha value is -1.52. The van der Waals surface area contributed by atoms with Gasteiger partial charge in [-0.3, -0.25) is 9.78 Å². The molecule has 1 heterocycles. The Bertz CT molecular complexity index is 849. The lowest BCUT2D eigenvalue weighted by atomic mass is 9.80. The van der Waals surface area contributed by atoms with Crippen molar-refractivity contribution in [2.45, 2.75) is 44.9 Å². The number of H-pyrrole nitrogens is 2. The third kappa shape index (κ3) is 3.76.